The summed E-state index contributed by atoms with van der Waals surface area (Å²) in [6.07, 6.45) is 3.34. The summed E-state index contributed by atoms with van der Waals surface area (Å²) in [5.74, 6) is -0.732. The first-order chi connectivity index (χ1) is 8.20. The Morgan fingerprint density at radius 2 is 2.18 bits per heavy atom. The zero-order valence-electron chi connectivity index (χ0n) is 8.72. The molecule has 0 aliphatic heterocycles. The lowest BCUT2D eigenvalue weighted by atomic mass is 10.1. The Kier molecular flexibility index (Phi) is 3.22. The van der Waals surface area contributed by atoms with E-state index in [0.717, 1.165) is 11.6 Å². The molecule has 0 bridgehead atoms. The summed E-state index contributed by atoms with van der Waals surface area (Å²) in [6, 6.07) is 5.86. The molecule has 2 aromatic rings. The van der Waals surface area contributed by atoms with E-state index in [4.69, 9.17) is 5.26 Å². The fourth-order valence-electron chi connectivity index (χ4n) is 1.39. The van der Waals surface area contributed by atoms with Crippen LogP contribution in [0, 0.1) is 17.1 Å². The van der Waals surface area contributed by atoms with E-state index in [9.17, 15) is 9.50 Å². The topological polar surface area (TPSA) is 44.0 Å². The van der Waals surface area contributed by atoms with Crippen LogP contribution in [-0.4, -0.2) is 5.11 Å². The number of rotatable bonds is 2. The minimum absolute atomic E-state index is 0.0602. The second-order valence-electron chi connectivity index (χ2n) is 3.39. The van der Waals surface area contributed by atoms with Crippen LogP contribution >= 0.6 is 11.3 Å². The molecular formula is C13H8FNOS. The van der Waals surface area contributed by atoms with Crippen molar-refractivity contribution in [1.82, 2.24) is 0 Å². The van der Waals surface area contributed by atoms with Gasteiger partial charge in [-0.1, -0.05) is 12.2 Å². The molecule has 0 radical (unpaired) electrons. The number of phenolic OH excluding ortho intramolecular Hbond substituents is 1. The Morgan fingerprint density at radius 3 is 2.82 bits per heavy atom. The van der Waals surface area contributed by atoms with Crippen LogP contribution in [0.1, 0.15) is 16.7 Å². The van der Waals surface area contributed by atoms with Crippen LogP contribution in [0.25, 0.3) is 12.2 Å². The monoisotopic (exact) mass is 245 g/mol. The van der Waals surface area contributed by atoms with E-state index in [0.29, 0.717) is 5.56 Å². The van der Waals surface area contributed by atoms with Crippen molar-refractivity contribution in [2.45, 2.75) is 0 Å². The van der Waals surface area contributed by atoms with Crippen LogP contribution in [0.5, 0.6) is 5.75 Å². The predicted molar refractivity (Wildman–Crippen MR) is 66.0 cm³/mol. The summed E-state index contributed by atoms with van der Waals surface area (Å²) in [7, 11) is 0. The fraction of sp³-hybridized carbons (Fsp3) is 0. The molecule has 1 aromatic carbocycles. The zero-order valence-corrected chi connectivity index (χ0v) is 9.54. The summed E-state index contributed by atoms with van der Waals surface area (Å²) in [5.41, 5.74) is 1.21. The number of thiophene rings is 1. The second-order valence-corrected chi connectivity index (χ2v) is 4.17. The highest BCUT2D eigenvalue weighted by molar-refractivity contribution is 7.08. The van der Waals surface area contributed by atoms with Gasteiger partial charge in [-0.05, 0) is 34.5 Å². The third-order valence-electron chi connectivity index (χ3n) is 2.22. The summed E-state index contributed by atoms with van der Waals surface area (Å²) < 4.78 is 13.2. The maximum atomic E-state index is 13.2. The lowest BCUT2D eigenvalue weighted by Crippen LogP contribution is -1.85. The van der Waals surface area contributed by atoms with Crippen LogP contribution in [0.15, 0.2) is 29.0 Å². The van der Waals surface area contributed by atoms with Gasteiger partial charge in [0, 0.05) is 5.56 Å². The standard InChI is InChI=1S/C13H8FNOS/c14-12-5-10(13(16)11(6-12)7-15)2-1-9-3-4-17-8-9/h1-6,8,16H/b2-1+. The molecule has 84 valence electrons. The lowest BCUT2D eigenvalue weighted by molar-refractivity contribution is 0.470. The number of nitriles is 1. The lowest BCUT2D eigenvalue weighted by Gasteiger charge is -2.01. The van der Waals surface area contributed by atoms with E-state index in [1.807, 2.05) is 16.8 Å². The van der Waals surface area contributed by atoms with Gasteiger partial charge in [-0.25, -0.2) is 4.39 Å². The Morgan fingerprint density at radius 1 is 1.35 bits per heavy atom. The normalized spacial score (nSPS) is 10.6. The number of hydrogen-bond acceptors (Lipinski definition) is 3. The minimum Gasteiger partial charge on any atom is -0.506 e. The molecule has 1 aromatic heterocycles. The van der Waals surface area contributed by atoms with Gasteiger partial charge in [0.15, 0.2) is 0 Å². The van der Waals surface area contributed by atoms with Crippen molar-refractivity contribution in [1.29, 1.82) is 5.26 Å². The van der Waals surface area contributed by atoms with Crippen molar-refractivity contribution >= 4 is 23.5 Å². The molecule has 2 nitrogen and oxygen atoms in total. The SMILES string of the molecule is N#Cc1cc(F)cc(/C=C/c2ccsc2)c1O. The van der Waals surface area contributed by atoms with Crippen molar-refractivity contribution in [2.24, 2.45) is 0 Å². The van der Waals surface area contributed by atoms with Gasteiger partial charge in [0.1, 0.15) is 17.6 Å². The van der Waals surface area contributed by atoms with Crippen LogP contribution in [0.2, 0.25) is 0 Å². The van der Waals surface area contributed by atoms with Crippen LogP contribution in [0.3, 0.4) is 0 Å². The molecule has 0 aliphatic carbocycles. The van der Waals surface area contributed by atoms with Gasteiger partial charge in [-0.3, -0.25) is 0 Å². The molecular weight excluding hydrogens is 237 g/mol. The highest BCUT2D eigenvalue weighted by atomic mass is 32.1. The maximum Gasteiger partial charge on any atom is 0.140 e. The van der Waals surface area contributed by atoms with Crippen molar-refractivity contribution in [3.05, 3.63) is 51.5 Å². The van der Waals surface area contributed by atoms with E-state index >= 15 is 0 Å². The van der Waals surface area contributed by atoms with E-state index in [1.54, 1.807) is 29.6 Å². The fourth-order valence-corrected chi connectivity index (χ4v) is 2.02. The van der Waals surface area contributed by atoms with E-state index in [2.05, 4.69) is 0 Å². The molecule has 0 spiro atoms. The van der Waals surface area contributed by atoms with E-state index in [-0.39, 0.29) is 11.3 Å². The number of nitrogens with zero attached hydrogens (tertiary/aromatic N) is 1. The Hall–Kier alpha value is -2.12. The largest absolute Gasteiger partial charge is 0.506 e. The molecule has 2 rings (SSSR count). The average Bonchev–Trinajstić information content (AvgIpc) is 2.82. The molecule has 4 heteroatoms. The third kappa shape index (κ3) is 2.52. The molecule has 0 amide bonds. The maximum absolute atomic E-state index is 13.2. The summed E-state index contributed by atoms with van der Waals surface area (Å²) >= 11 is 1.55. The van der Waals surface area contributed by atoms with E-state index < -0.39 is 5.82 Å². The van der Waals surface area contributed by atoms with E-state index in [1.165, 1.54) is 6.07 Å². The van der Waals surface area contributed by atoms with Gasteiger partial charge in [-0.15, -0.1) is 0 Å². The van der Waals surface area contributed by atoms with Crippen LogP contribution < -0.4 is 0 Å². The number of phenols is 1. The Labute approximate surface area is 102 Å². The van der Waals surface area contributed by atoms with Gasteiger partial charge < -0.3 is 5.11 Å². The average molecular weight is 245 g/mol. The molecule has 1 heterocycles. The highest BCUT2D eigenvalue weighted by Gasteiger charge is 2.07. The molecule has 0 atom stereocenters. The zero-order chi connectivity index (χ0) is 12.3. The minimum atomic E-state index is -0.538. The molecule has 0 aliphatic rings. The third-order valence-corrected chi connectivity index (χ3v) is 2.92. The first-order valence-corrected chi connectivity index (χ1v) is 5.78. The van der Waals surface area contributed by atoms with Crippen LogP contribution in [0.4, 0.5) is 4.39 Å². The first-order valence-electron chi connectivity index (χ1n) is 4.83. The quantitative estimate of drug-likeness (QED) is 0.877. The summed E-state index contributed by atoms with van der Waals surface area (Å²) in [5, 5.41) is 22.3. The van der Waals surface area contributed by atoms with Gasteiger partial charge >= 0.3 is 0 Å². The smallest absolute Gasteiger partial charge is 0.140 e. The molecule has 1 N–H and O–H groups in total. The molecule has 0 unspecified atom stereocenters. The van der Waals surface area contributed by atoms with Crippen LogP contribution in [-0.2, 0) is 0 Å². The van der Waals surface area contributed by atoms with Gasteiger partial charge in [0.2, 0.25) is 0 Å². The highest BCUT2D eigenvalue weighted by Crippen LogP contribution is 2.25. The Balaban J connectivity index is 2.40. The van der Waals surface area contributed by atoms with Crippen molar-refractivity contribution in [2.75, 3.05) is 0 Å². The summed E-state index contributed by atoms with van der Waals surface area (Å²) in [6.45, 7) is 0. The van der Waals surface area contributed by atoms with Crippen molar-refractivity contribution in [3.8, 4) is 11.8 Å². The van der Waals surface area contributed by atoms with Gasteiger partial charge in [-0.2, -0.15) is 16.6 Å². The first kappa shape index (κ1) is 11.4. The molecule has 0 saturated heterocycles. The molecule has 0 fully saturated rings. The number of hydrogen-bond donors (Lipinski definition) is 1. The number of benzene rings is 1. The Bertz CT molecular complexity index is 597. The predicted octanol–water partition coefficient (Wildman–Crippen LogP) is 3.63. The van der Waals surface area contributed by atoms with Crippen molar-refractivity contribution in [3.63, 3.8) is 0 Å². The van der Waals surface area contributed by atoms with Gasteiger partial charge in [0.25, 0.3) is 0 Å². The second kappa shape index (κ2) is 4.81. The molecule has 0 saturated carbocycles. The number of aromatic hydroxyl groups is 1. The van der Waals surface area contributed by atoms with Gasteiger partial charge in [0.05, 0.1) is 5.56 Å². The molecule has 17 heavy (non-hydrogen) atoms. The number of halogens is 1. The van der Waals surface area contributed by atoms with Crippen molar-refractivity contribution < 1.29 is 9.50 Å². The summed E-state index contributed by atoms with van der Waals surface area (Å²) in [4.78, 5) is 0.